The van der Waals surface area contributed by atoms with E-state index in [9.17, 15) is 9.90 Å². The van der Waals surface area contributed by atoms with Crippen LogP contribution in [0, 0.1) is 0 Å². The predicted octanol–water partition coefficient (Wildman–Crippen LogP) is 2.10. The molecular weight excluding hydrogens is 240 g/mol. The highest BCUT2D eigenvalue weighted by Gasteiger charge is 2.09. The summed E-state index contributed by atoms with van der Waals surface area (Å²) in [5.41, 5.74) is 5.82. The number of fused-ring (bicyclic) bond motifs is 1. The zero-order valence-corrected chi connectivity index (χ0v) is 9.66. The number of phenolic OH excluding ortho intramolecular Hbond substituents is 1. The maximum Gasteiger partial charge on any atom is 0.238 e. The Kier molecular flexibility index (Phi) is 3.17. The second kappa shape index (κ2) is 4.61. The fraction of sp³-hybridized carbons (Fsp3) is 0.0833. The van der Waals surface area contributed by atoms with E-state index in [-0.39, 0.29) is 18.2 Å². The topological polar surface area (TPSA) is 75.4 Å². The zero-order valence-electron chi connectivity index (χ0n) is 8.90. The van der Waals surface area contributed by atoms with Crippen LogP contribution in [0.25, 0.3) is 10.8 Å². The zero-order chi connectivity index (χ0) is 12.4. The smallest absolute Gasteiger partial charge is 0.238 e. The molecule has 0 bridgehead atoms. The second-order valence-electron chi connectivity index (χ2n) is 3.55. The number of anilines is 1. The lowest BCUT2D eigenvalue weighted by Crippen LogP contribution is -2.21. The minimum Gasteiger partial charge on any atom is -0.507 e. The molecule has 0 aliphatic heterocycles. The van der Waals surface area contributed by atoms with Crippen molar-refractivity contribution in [3.63, 3.8) is 0 Å². The average Bonchev–Trinajstić information content (AvgIpc) is 2.32. The number of carbonyl (C=O) groups excluding carboxylic acids is 1. The molecule has 0 atom stereocenters. The van der Waals surface area contributed by atoms with Crippen LogP contribution < -0.4 is 11.1 Å². The van der Waals surface area contributed by atoms with Crippen molar-refractivity contribution in [1.82, 2.24) is 0 Å². The summed E-state index contributed by atoms with van der Waals surface area (Å²) in [6.07, 6.45) is 0. The van der Waals surface area contributed by atoms with Crippen molar-refractivity contribution in [1.29, 1.82) is 0 Å². The van der Waals surface area contributed by atoms with Crippen LogP contribution in [0.3, 0.4) is 0 Å². The van der Waals surface area contributed by atoms with Gasteiger partial charge < -0.3 is 16.2 Å². The molecule has 0 heterocycles. The van der Waals surface area contributed by atoms with Gasteiger partial charge in [0.15, 0.2) is 0 Å². The van der Waals surface area contributed by atoms with Gasteiger partial charge in [-0.1, -0.05) is 23.7 Å². The van der Waals surface area contributed by atoms with Crippen molar-refractivity contribution in [2.45, 2.75) is 0 Å². The lowest BCUT2D eigenvalue weighted by Gasteiger charge is -2.10. The number of hydrogen-bond acceptors (Lipinski definition) is 3. The Morgan fingerprint density at radius 3 is 2.82 bits per heavy atom. The Bertz CT molecular complexity index is 576. The molecule has 0 aliphatic rings. The predicted molar refractivity (Wildman–Crippen MR) is 68.3 cm³/mol. The van der Waals surface area contributed by atoms with E-state index in [1.807, 2.05) is 0 Å². The van der Waals surface area contributed by atoms with Crippen LogP contribution in [0.2, 0.25) is 5.02 Å². The van der Waals surface area contributed by atoms with Crippen LogP contribution in [0.15, 0.2) is 30.3 Å². The third-order valence-electron chi connectivity index (χ3n) is 2.43. The van der Waals surface area contributed by atoms with Crippen molar-refractivity contribution in [2.24, 2.45) is 5.73 Å². The molecule has 0 aliphatic carbocycles. The fourth-order valence-corrected chi connectivity index (χ4v) is 1.93. The third-order valence-corrected chi connectivity index (χ3v) is 2.74. The van der Waals surface area contributed by atoms with E-state index >= 15 is 0 Å². The number of nitrogens with one attached hydrogen (secondary N) is 1. The molecule has 4 N–H and O–H groups in total. The van der Waals surface area contributed by atoms with Crippen LogP contribution in [0.4, 0.5) is 5.69 Å². The Morgan fingerprint density at radius 2 is 2.12 bits per heavy atom. The molecule has 2 aromatic rings. The van der Waals surface area contributed by atoms with Crippen LogP contribution in [0.5, 0.6) is 5.75 Å². The van der Waals surface area contributed by atoms with Gasteiger partial charge in [-0.2, -0.15) is 0 Å². The first-order chi connectivity index (χ1) is 8.13. The van der Waals surface area contributed by atoms with Gasteiger partial charge >= 0.3 is 0 Å². The largest absolute Gasteiger partial charge is 0.507 e. The normalized spacial score (nSPS) is 10.5. The number of nitrogens with two attached hydrogens (primary N) is 1. The van der Waals surface area contributed by atoms with Crippen molar-refractivity contribution in [2.75, 3.05) is 11.9 Å². The van der Waals surface area contributed by atoms with Gasteiger partial charge in [-0.05, 0) is 18.2 Å². The highest BCUT2D eigenvalue weighted by Crippen LogP contribution is 2.35. The third kappa shape index (κ3) is 2.18. The molecule has 0 fully saturated rings. The minimum atomic E-state index is -0.294. The standard InChI is InChI=1S/C12H11ClN2O2/c13-8-3-1-2-7-9(15-11(17)6-14)4-5-10(16)12(7)8/h1-5,16H,6,14H2,(H,15,17). The number of carbonyl (C=O) groups is 1. The van der Waals surface area contributed by atoms with E-state index in [1.165, 1.54) is 6.07 Å². The number of amides is 1. The molecule has 0 unspecified atom stereocenters. The molecule has 2 rings (SSSR count). The quantitative estimate of drug-likeness (QED) is 0.715. The SMILES string of the molecule is NCC(=O)Nc1ccc(O)c2c(Cl)cccc12. The van der Waals surface area contributed by atoms with E-state index in [4.69, 9.17) is 17.3 Å². The molecule has 17 heavy (non-hydrogen) atoms. The van der Waals surface area contributed by atoms with E-state index in [1.54, 1.807) is 24.3 Å². The monoisotopic (exact) mass is 250 g/mol. The Balaban J connectivity index is 2.62. The minimum absolute atomic E-state index is 0.0800. The van der Waals surface area contributed by atoms with Crippen molar-refractivity contribution in [3.8, 4) is 5.75 Å². The summed E-state index contributed by atoms with van der Waals surface area (Å²) in [6, 6.07) is 8.30. The molecule has 5 heteroatoms. The van der Waals surface area contributed by atoms with Gasteiger partial charge in [-0.15, -0.1) is 0 Å². The molecule has 0 spiro atoms. The maximum absolute atomic E-state index is 11.3. The molecule has 0 saturated carbocycles. The number of benzene rings is 2. The Hall–Kier alpha value is -1.78. The molecule has 1 amide bonds. The van der Waals surface area contributed by atoms with Gasteiger partial charge in [-0.25, -0.2) is 0 Å². The van der Waals surface area contributed by atoms with Crippen LogP contribution >= 0.6 is 11.6 Å². The first-order valence-electron chi connectivity index (χ1n) is 5.03. The fourth-order valence-electron chi connectivity index (χ4n) is 1.65. The first-order valence-corrected chi connectivity index (χ1v) is 5.41. The van der Waals surface area contributed by atoms with E-state index in [2.05, 4.69) is 5.32 Å². The Morgan fingerprint density at radius 1 is 1.35 bits per heavy atom. The highest BCUT2D eigenvalue weighted by atomic mass is 35.5. The van der Waals surface area contributed by atoms with Gasteiger partial charge in [0.05, 0.1) is 11.6 Å². The molecule has 4 nitrogen and oxygen atoms in total. The molecule has 88 valence electrons. The number of phenols is 1. The van der Waals surface area contributed by atoms with Crippen LogP contribution in [-0.2, 0) is 4.79 Å². The lowest BCUT2D eigenvalue weighted by atomic mass is 10.1. The first kappa shape index (κ1) is 11.7. The van der Waals surface area contributed by atoms with Crippen LogP contribution in [0.1, 0.15) is 0 Å². The number of hydrogen-bond donors (Lipinski definition) is 3. The summed E-state index contributed by atoms with van der Waals surface area (Å²) >= 11 is 6.01. The van der Waals surface area contributed by atoms with Crippen molar-refractivity contribution >= 4 is 34.0 Å². The van der Waals surface area contributed by atoms with Gasteiger partial charge in [0.25, 0.3) is 0 Å². The maximum atomic E-state index is 11.3. The molecule has 0 radical (unpaired) electrons. The summed E-state index contributed by atoms with van der Waals surface area (Å²) in [7, 11) is 0. The summed E-state index contributed by atoms with van der Waals surface area (Å²) in [4.78, 5) is 11.3. The molecule has 0 aromatic heterocycles. The van der Waals surface area contributed by atoms with Gasteiger partial charge in [0.2, 0.25) is 5.91 Å². The lowest BCUT2D eigenvalue weighted by molar-refractivity contribution is -0.114. The van der Waals surface area contributed by atoms with Crippen LogP contribution in [-0.4, -0.2) is 17.6 Å². The second-order valence-corrected chi connectivity index (χ2v) is 3.95. The Labute approximate surface area is 103 Å². The average molecular weight is 251 g/mol. The van der Waals surface area contributed by atoms with Gasteiger partial charge in [-0.3, -0.25) is 4.79 Å². The number of rotatable bonds is 2. The number of aromatic hydroxyl groups is 1. The highest BCUT2D eigenvalue weighted by molar-refractivity contribution is 6.36. The number of halogens is 1. The summed E-state index contributed by atoms with van der Waals surface area (Å²) in [6.45, 7) is -0.0943. The van der Waals surface area contributed by atoms with E-state index in [0.29, 0.717) is 21.5 Å². The summed E-state index contributed by atoms with van der Waals surface area (Å²) in [5, 5.41) is 14.0. The van der Waals surface area contributed by atoms with Crippen molar-refractivity contribution < 1.29 is 9.90 Å². The van der Waals surface area contributed by atoms with Gasteiger partial charge in [0, 0.05) is 16.5 Å². The van der Waals surface area contributed by atoms with E-state index < -0.39 is 0 Å². The summed E-state index contributed by atoms with van der Waals surface area (Å²) in [5.74, 6) is -0.215. The van der Waals surface area contributed by atoms with Crippen molar-refractivity contribution in [3.05, 3.63) is 35.4 Å². The molecule has 0 saturated heterocycles. The van der Waals surface area contributed by atoms with E-state index in [0.717, 1.165) is 0 Å². The molecule has 2 aromatic carbocycles. The van der Waals surface area contributed by atoms with Gasteiger partial charge in [0.1, 0.15) is 5.75 Å². The molecular formula is C12H11ClN2O2. The summed E-state index contributed by atoms with van der Waals surface area (Å²) < 4.78 is 0.